The van der Waals surface area contributed by atoms with E-state index in [1.807, 2.05) is 0 Å². The summed E-state index contributed by atoms with van der Waals surface area (Å²) in [5.74, 6) is 0.170. The van der Waals surface area contributed by atoms with E-state index in [-0.39, 0.29) is 24.3 Å². The lowest BCUT2D eigenvalue weighted by atomic mass is 9.86. The molecule has 1 amide bonds. The topological polar surface area (TPSA) is 38.3 Å². The second-order valence-corrected chi connectivity index (χ2v) is 5.75. The molecule has 0 aliphatic heterocycles. The molecule has 1 N–H and O–H groups in total. The predicted octanol–water partition coefficient (Wildman–Crippen LogP) is 3.78. The second kappa shape index (κ2) is 7.03. The van der Waals surface area contributed by atoms with E-state index in [1.54, 1.807) is 0 Å². The molecule has 2 unspecified atom stereocenters. The van der Waals surface area contributed by atoms with Crippen LogP contribution < -0.4 is 10.1 Å². The molecule has 3 nitrogen and oxygen atoms in total. The van der Waals surface area contributed by atoms with Crippen molar-refractivity contribution in [3.05, 3.63) is 29.8 Å². The van der Waals surface area contributed by atoms with Gasteiger partial charge in [0.2, 0.25) is 0 Å². The van der Waals surface area contributed by atoms with Crippen LogP contribution in [0, 0.1) is 5.92 Å². The van der Waals surface area contributed by atoms with Gasteiger partial charge in [0.25, 0.3) is 5.91 Å². The zero-order chi connectivity index (χ0) is 16.2. The van der Waals surface area contributed by atoms with Crippen molar-refractivity contribution in [2.24, 2.45) is 5.92 Å². The van der Waals surface area contributed by atoms with Gasteiger partial charge in [-0.25, -0.2) is 0 Å². The lowest BCUT2D eigenvalue weighted by Crippen LogP contribution is -2.43. The van der Waals surface area contributed by atoms with Crippen LogP contribution >= 0.6 is 0 Å². The summed E-state index contributed by atoms with van der Waals surface area (Å²) in [5.41, 5.74) is -0.786. The molecule has 0 saturated heterocycles. The molecule has 0 heterocycles. The maximum absolute atomic E-state index is 12.6. The normalized spacial score (nSPS) is 22.2. The summed E-state index contributed by atoms with van der Waals surface area (Å²) in [6.07, 6.45) is -0.132. The monoisotopic (exact) mass is 315 g/mol. The van der Waals surface area contributed by atoms with Crippen molar-refractivity contribution in [3.8, 4) is 5.75 Å². The smallest absolute Gasteiger partial charge is 0.416 e. The maximum Gasteiger partial charge on any atom is 0.416 e. The number of hydrogen-bond acceptors (Lipinski definition) is 2. The van der Waals surface area contributed by atoms with Gasteiger partial charge in [-0.15, -0.1) is 0 Å². The summed E-state index contributed by atoms with van der Waals surface area (Å²) in [7, 11) is 0. The molecule has 6 heteroatoms. The van der Waals surface area contributed by atoms with E-state index in [2.05, 4.69) is 12.2 Å². The number of rotatable bonds is 4. The van der Waals surface area contributed by atoms with Crippen LogP contribution in [0.5, 0.6) is 5.75 Å². The highest BCUT2D eigenvalue weighted by Crippen LogP contribution is 2.31. The number of carbonyl (C=O) groups excluding carboxylic acids is 1. The zero-order valence-electron chi connectivity index (χ0n) is 12.5. The Morgan fingerprint density at radius 3 is 2.73 bits per heavy atom. The number of ether oxygens (including phenoxy) is 1. The van der Waals surface area contributed by atoms with Gasteiger partial charge in [-0.3, -0.25) is 4.79 Å². The summed E-state index contributed by atoms with van der Waals surface area (Å²) in [5, 5.41) is 2.90. The Balaban J connectivity index is 1.86. The molecule has 2 atom stereocenters. The van der Waals surface area contributed by atoms with Crippen LogP contribution in [-0.4, -0.2) is 18.6 Å². The van der Waals surface area contributed by atoms with Crippen LogP contribution in [0.1, 0.15) is 38.2 Å². The molecule has 0 aromatic heterocycles. The van der Waals surface area contributed by atoms with Crippen LogP contribution in [0.4, 0.5) is 13.2 Å². The van der Waals surface area contributed by atoms with Gasteiger partial charge in [0, 0.05) is 6.04 Å². The van der Waals surface area contributed by atoms with E-state index in [9.17, 15) is 18.0 Å². The van der Waals surface area contributed by atoms with Gasteiger partial charge >= 0.3 is 6.18 Å². The minimum absolute atomic E-state index is 0.0432. The van der Waals surface area contributed by atoms with Crippen LogP contribution in [0.2, 0.25) is 0 Å². The first kappa shape index (κ1) is 16.6. The number of carbonyl (C=O) groups is 1. The molecule has 1 aliphatic carbocycles. The van der Waals surface area contributed by atoms with Crippen molar-refractivity contribution in [2.75, 3.05) is 6.61 Å². The van der Waals surface area contributed by atoms with Crippen molar-refractivity contribution in [1.29, 1.82) is 0 Å². The van der Waals surface area contributed by atoms with Crippen molar-refractivity contribution in [1.82, 2.24) is 5.32 Å². The zero-order valence-corrected chi connectivity index (χ0v) is 12.5. The highest BCUT2D eigenvalue weighted by molar-refractivity contribution is 5.77. The quantitative estimate of drug-likeness (QED) is 0.918. The minimum Gasteiger partial charge on any atom is -0.484 e. The highest BCUT2D eigenvalue weighted by Gasteiger charge is 2.30. The summed E-state index contributed by atoms with van der Waals surface area (Å²) in [6.45, 7) is 1.82. The van der Waals surface area contributed by atoms with Crippen LogP contribution in [0.3, 0.4) is 0 Å². The lowest BCUT2D eigenvalue weighted by molar-refractivity contribution is -0.137. The van der Waals surface area contributed by atoms with Crippen LogP contribution in [0.15, 0.2) is 24.3 Å². The average molecular weight is 315 g/mol. The molecule has 1 aromatic carbocycles. The molecule has 0 radical (unpaired) electrons. The summed E-state index contributed by atoms with van der Waals surface area (Å²) in [6, 6.07) is 4.67. The number of benzene rings is 1. The Hall–Kier alpha value is -1.72. The van der Waals surface area contributed by atoms with Gasteiger partial charge in [-0.1, -0.05) is 25.8 Å². The Morgan fingerprint density at radius 2 is 2.05 bits per heavy atom. The van der Waals surface area contributed by atoms with Crippen molar-refractivity contribution < 1.29 is 22.7 Å². The van der Waals surface area contributed by atoms with E-state index in [1.165, 1.54) is 18.6 Å². The molecule has 122 valence electrons. The van der Waals surface area contributed by atoms with Gasteiger partial charge in [0.05, 0.1) is 5.56 Å². The predicted molar refractivity (Wildman–Crippen MR) is 76.5 cm³/mol. The third kappa shape index (κ3) is 4.64. The van der Waals surface area contributed by atoms with Gasteiger partial charge in [0.15, 0.2) is 6.61 Å². The van der Waals surface area contributed by atoms with Gasteiger partial charge < -0.3 is 10.1 Å². The Bertz CT molecular complexity index is 516. The van der Waals surface area contributed by atoms with Crippen molar-refractivity contribution in [2.45, 2.75) is 44.8 Å². The third-order valence-corrected chi connectivity index (χ3v) is 3.99. The van der Waals surface area contributed by atoms with E-state index in [4.69, 9.17) is 4.74 Å². The molecule has 2 rings (SSSR count). The minimum atomic E-state index is -4.42. The molecule has 1 fully saturated rings. The molecular weight excluding hydrogens is 295 g/mol. The molecule has 1 aliphatic rings. The first-order valence-corrected chi connectivity index (χ1v) is 7.45. The largest absolute Gasteiger partial charge is 0.484 e. The summed E-state index contributed by atoms with van der Waals surface area (Å²) < 4.78 is 42.9. The second-order valence-electron chi connectivity index (χ2n) is 5.75. The maximum atomic E-state index is 12.6. The standard InChI is InChI=1S/C16H20F3NO2/c1-11-5-2-3-8-14(11)20-15(21)10-22-13-7-4-6-12(9-13)16(17,18)19/h4,6-7,9,11,14H,2-3,5,8,10H2,1H3,(H,20,21). The Morgan fingerprint density at radius 1 is 1.32 bits per heavy atom. The fourth-order valence-corrected chi connectivity index (χ4v) is 2.69. The van der Waals surface area contributed by atoms with Crippen LogP contribution in [0.25, 0.3) is 0 Å². The highest BCUT2D eigenvalue weighted by atomic mass is 19.4. The SMILES string of the molecule is CC1CCCCC1NC(=O)COc1cccc(C(F)(F)F)c1. The summed E-state index contributed by atoms with van der Waals surface area (Å²) >= 11 is 0. The lowest BCUT2D eigenvalue weighted by Gasteiger charge is -2.29. The van der Waals surface area contributed by atoms with Crippen LogP contribution in [-0.2, 0) is 11.0 Å². The molecule has 0 bridgehead atoms. The molecule has 1 saturated carbocycles. The van der Waals surface area contributed by atoms with E-state index in [0.717, 1.165) is 31.4 Å². The Kier molecular flexibility index (Phi) is 5.32. The van der Waals surface area contributed by atoms with Gasteiger partial charge in [-0.05, 0) is 37.0 Å². The fraction of sp³-hybridized carbons (Fsp3) is 0.562. The molecular formula is C16H20F3NO2. The number of halogens is 3. The Labute approximate surface area is 127 Å². The summed E-state index contributed by atoms with van der Waals surface area (Å²) in [4.78, 5) is 11.9. The molecule has 1 aromatic rings. The van der Waals surface area contributed by atoms with Crippen molar-refractivity contribution in [3.63, 3.8) is 0 Å². The van der Waals surface area contributed by atoms with Gasteiger partial charge in [-0.2, -0.15) is 13.2 Å². The van der Waals surface area contributed by atoms with E-state index < -0.39 is 11.7 Å². The third-order valence-electron chi connectivity index (χ3n) is 3.99. The van der Waals surface area contributed by atoms with Crippen molar-refractivity contribution >= 4 is 5.91 Å². The average Bonchev–Trinajstić information content (AvgIpc) is 2.47. The number of nitrogens with one attached hydrogen (secondary N) is 1. The first-order valence-electron chi connectivity index (χ1n) is 7.45. The fourth-order valence-electron chi connectivity index (χ4n) is 2.69. The van der Waals surface area contributed by atoms with E-state index in [0.29, 0.717) is 5.92 Å². The van der Waals surface area contributed by atoms with Gasteiger partial charge in [0.1, 0.15) is 5.75 Å². The number of alkyl halides is 3. The molecule has 22 heavy (non-hydrogen) atoms. The first-order chi connectivity index (χ1) is 10.4. The van der Waals surface area contributed by atoms with E-state index >= 15 is 0 Å². The number of amides is 1. The number of hydrogen-bond donors (Lipinski definition) is 1. The molecule has 0 spiro atoms.